The summed E-state index contributed by atoms with van der Waals surface area (Å²) >= 11 is 4.66. The second-order valence-electron chi connectivity index (χ2n) is 3.99. The first-order valence-corrected chi connectivity index (χ1v) is 6.24. The number of aromatic nitrogens is 1. The van der Waals surface area contributed by atoms with E-state index in [2.05, 4.69) is 33.0 Å². The smallest absolute Gasteiger partial charge is 0.295 e. The predicted molar refractivity (Wildman–Crippen MR) is 80.1 cm³/mol. The van der Waals surface area contributed by atoms with Crippen molar-refractivity contribution in [3.8, 4) is 0 Å². The summed E-state index contributed by atoms with van der Waals surface area (Å²) in [5.74, 6) is 0. The Kier molecular flexibility index (Phi) is 4.30. The van der Waals surface area contributed by atoms with Crippen LogP contribution in [0.2, 0.25) is 0 Å². The maximum absolute atomic E-state index is 5.53. The van der Waals surface area contributed by atoms with E-state index in [1.165, 1.54) is 0 Å². The molecule has 0 fully saturated rings. The van der Waals surface area contributed by atoms with Crippen molar-refractivity contribution in [1.29, 1.82) is 0 Å². The number of thiocarbonyl (C=S) groups is 1. The molecule has 0 aliphatic carbocycles. The zero-order chi connectivity index (χ0) is 13.7. The number of fused-ring (bicyclic) bond motifs is 1. The molecule has 0 spiro atoms. The standard InChI is InChI=1S/C12H15N5OS/c1-8(16-17-11(13)19)6-7-14-12-15-9-4-2-3-5-10(9)18-12/h2-5H,6-7H2,1H3,(H,14,15)(H3,13,17,19). The van der Waals surface area contributed by atoms with Gasteiger partial charge in [-0.15, -0.1) is 0 Å². The summed E-state index contributed by atoms with van der Waals surface area (Å²) in [6.45, 7) is 2.56. The van der Waals surface area contributed by atoms with Crippen LogP contribution in [0, 0.1) is 0 Å². The van der Waals surface area contributed by atoms with Gasteiger partial charge >= 0.3 is 0 Å². The largest absolute Gasteiger partial charge is 0.424 e. The van der Waals surface area contributed by atoms with Crippen LogP contribution in [-0.2, 0) is 0 Å². The molecule has 0 amide bonds. The molecule has 0 saturated carbocycles. The average Bonchev–Trinajstić information content (AvgIpc) is 2.79. The van der Waals surface area contributed by atoms with Crippen LogP contribution in [0.4, 0.5) is 6.01 Å². The van der Waals surface area contributed by atoms with E-state index in [1.807, 2.05) is 31.2 Å². The Balaban J connectivity index is 1.85. The first kappa shape index (κ1) is 13.3. The van der Waals surface area contributed by atoms with Gasteiger partial charge in [0, 0.05) is 18.7 Å². The molecule has 0 atom stereocenters. The highest BCUT2D eigenvalue weighted by atomic mass is 32.1. The molecule has 19 heavy (non-hydrogen) atoms. The topological polar surface area (TPSA) is 88.5 Å². The molecule has 1 aromatic carbocycles. The lowest BCUT2D eigenvalue weighted by Crippen LogP contribution is -2.25. The summed E-state index contributed by atoms with van der Waals surface area (Å²) < 4.78 is 5.53. The quantitative estimate of drug-likeness (QED) is 0.439. The number of hydrogen-bond donors (Lipinski definition) is 3. The minimum absolute atomic E-state index is 0.159. The Morgan fingerprint density at radius 2 is 2.26 bits per heavy atom. The Morgan fingerprint density at radius 3 is 3.00 bits per heavy atom. The third-order valence-corrected chi connectivity index (χ3v) is 2.51. The van der Waals surface area contributed by atoms with Gasteiger partial charge < -0.3 is 15.5 Å². The summed E-state index contributed by atoms with van der Waals surface area (Å²) in [7, 11) is 0. The molecule has 0 radical (unpaired) electrons. The molecule has 0 aliphatic heterocycles. The van der Waals surface area contributed by atoms with Crippen LogP contribution < -0.4 is 16.5 Å². The van der Waals surface area contributed by atoms with Gasteiger partial charge in [0.05, 0.1) is 0 Å². The second kappa shape index (κ2) is 6.14. The van der Waals surface area contributed by atoms with Gasteiger partial charge in [-0.1, -0.05) is 12.1 Å². The van der Waals surface area contributed by atoms with E-state index in [1.54, 1.807) is 0 Å². The van der Waals surface area contributed by atoms with Crippen LogP contribution in [-0.4, -0.2) is 22.4 Å². The van der Waals surface area contributed by atoms with Gasteiger partial charge in [0.1, 0.15) is 5.52 Å². The molecule has 0 aliphatic rings. The molecule has 7 heteroatoms. The molecular weight excluding hydrogens is 262 g/mol. The number of benzene rings is 1. The molecule has 1 heterocycles. The summed E-state index contributed by atoms with van der Waals surface area (Å²) in [4.78, 5) is 4.31. The summed E-state index contributed by atoms with van der Waals surface area (Å²) in [6.07, 6.45) is 0.730. The Hall–Kier alpha value is -2.15. The molecule has 6 nitrogen and oxygen atoms in total. The van der Waals surface area contributed by atoms with Crippen LogP contribution in [0.1, 0.15) is 13.3 Å². The summed E-state index contributed by atoms with van der Waals surface area (Å²) in [5, 5.41) is 7.27. The molecule has 2 aromatic rings. The van der Waals surface area contributed by atoms with E-state index in [-0.39, 0.29) is 5.11 Å². The lowest BCUT2D eigenvalue weighted by molar-refractivity contribution is 0.615. The van der Waals surface area contributed by atoms with Crippen molar-refractivity contribution in [2.75, 3.05) is 11.9 Å². The summed E-state index contributed by atoms with van der Waals surface area (Å²) in [6, 6.07) is 8.13. The number of nitrogens with zero attached hydrogens (tertiary/aromatic N) is 2. The van der Waals surface area contributed by atoms with E-state index < -0.39 is 0 Å². The van der Waals surface area contributed by atoms with Crippen LogP contribution in [0.5, 0.6) is 0 Å². The molecule has 100 valence electrons. The predicted octanol–water partition coefficient (Wildman–Crippen LogP) is 1.84. The van der Waals surface area contributed by atoms with Crippen LogP contribution in [0.15, 0.2) is 33.8 Å². The highest BCUT2D eigenvalue weighted by molar-refractivity contribution is 7.80. The van der Waals surface area contributed by atoms with Crippen molar-refractivity contribution >= 4 is 40.2 Å². The van der Waals surface area contributed by atoms with Gasteiger partial charge in [-0.25, -0.2) is 0 Å². The Morgan fingerprint density at radius 1 is 1.47 bits per heavy atom. The lowest BCUT2D eigenvalue weighted by atomic mass is 10.3. The van der Waals surface area contributed by atoms with Crippen LogP contribution in [0.3, 0.4) is 0 Å². The SMILES string of the molecule is CC(CCNc1nc2ccccc2o1)=NNC(N)=S. The Bertz CT molecular complexity index is 574. The van der Waals surface area contributed by atoms with Gasteiger partial charge in [-0.05, 0) is 31.3 Å². The van der Waals surface area contributed by atoms with Crippen molar-refractivity contribution in [1.82, 2.24) is 10.4 Å². The molecule has 2 rings (SSSR count). The molecule has 0 saturated heterocycles. The van der Waals surface area contributed by atoms with Gasteiger partial charge in [0.25, 0.3) is 6.01 Å². The van der Waals surface area contributed by atoms with E-state index in [4.69, 9.17) is 10.2 Å². The second-order valence-corrected chi connectivity index (χ2v) is 4.43. The minimum atomic E-state index is 0.159. The number of oxazole rings is 1. The van der Waals surface area contributed by atoms with E-state index in [9.17, 15) is 0 Å². The minimum Gasteiger partial charge on any atom is -0.424 e. The monoisotopic (exact) mass is 277 g/mol. The third kappa shape index (κ3) is 3.92. The van der Waals surface area contributed by atoms with Crippen molar-refractivity contribution in [2.45, 2.75) is 13.3 Å². The van der Waals surface area contributed by atoms with Crippen molar-refractivity contribution in [3.63, 3.8) is 0 Å². The normalized spacial score (nSPS) is 11.5. The summed E-state index contributed by atoms with van der Waals surface area (Å²) in [5.41, 5.74) is 10.3. The first-order chi connectivity index (χ1) is 9.15. The lowest BCUT2D eigenvalue weighted by Gasteiger charge is -2.02. The Labute approximate surface area is 116 Å². The molecular formula is C12H15N5OS. The maximum atomic E-state index is 5.53. The fraction of sp³-hybridized carbons (Fsp3) is 0.250. The fourth-order valence-corrected chi connectivity index (χ4v) is 1.55. The average molecular weight is 277 g/mol. The number of hydrazone groups is 1. The van der Waals surface area contributed by atoms with Gasteiger partial charge in [-0.3, -0.25) is 5.43 Å². The number of nitrogens with one attached hydrogen (secondary N) is 2. The number of rotatable bonds is 5. The molecule has 0 bridgehead atoms. The van der Waals surface area contributed by atoms with Crippen molar-refractivity contribution in [2.24, 2.45) is 10.8 Å². The maximum Gasteiger partial charge on any atom is 0.295 e. The van der Waals surface area contributed by atoms with Gasteiger partial charge in [0.15, 0.2) is 10.7 Å². The third-order valence-electron chi connectivity index (χ3n) is 2.41. The van der Waals surface area contributed by atoms with E-state index in [0.717, 1.165) is 23.2 Å². The zero-order valence-electron chi connectivity index (χ0n) is 10.5. The molecule has 0 unspecified atom stereocenters. The number of nitrogens with two attached hydrogens (primary N) is 1. The van der Waals surface area contributed by atoms with E-state index in [0.29, 0.717) is 12.6 Å². The van der Waals surface area contributed by atoms with Gasteiger partial charge in [-0.2, -0.15) is 10.1 Å². The van der Waals surface area contributed by atoms with E-state index >= 15 is 0 Å². The molecule has 4 N–H and O–H groups in total. The van der Waals surface area contributed by atoms with Crippen LogP contribution >= 0.6 is 12.2 Å². The van der Waals surface area contributed by atoms with Gasteiger partial charge in [0.2, 0.25) is 0 Å². The van der Waals surface area contributed by atoms with Crippen LogP contribution in [0.25, 0.3) is 11.1 Å². The van der Waals surface area contributed by atoms with Crippen molar-refractivity contribution < 1.29 is 4.42 Å². The number of para-hydroxylation sites is 2. The van der Waals surface area contributed by atoms with Crippen molar-refractivity contribution in [3.05, 3.63) is 24.3 Å². The fourth-order valence-electron chi connectivity index (χ4n) is 1.50. The molecule has 1 aromatic heterocycles. The highest BCUT2D eigenvalue weighted by Gasteiger charge is 2.03. The number of anilines is 1. The highest BCUT2D eigenvalue weighted by Crippen LogP contribution is 2.17. The zero-order valence-corrected chi connectivity index (χ0v) is 11.3. The number of hydrogen-bond acceptors (Lipinski definition) is 5. The first-order valence-electron chi connectivity index (χ1n) is 5.83.